The van der Waals surface area contributed by atoms with Crippen LogP contribution in [0.1, 0.15) is 12.0 Å². The third kappa shape index (κ3) is 4.30. The first kappa shape index (κ1) is 19.4. The normalized spacial score (nSPS) is 18.7. The Hall–Kier alpha value is -2.39. The number of hydrogen-bond donors (Lipinski definition) is 0. The van der Waals surface area contributed by atoms with Gasteiger partial charge in [-0.05, 0) is 31.0 Å². The van der Waals surface area contributed by atoms with E-state index in [1.165, 1.54) is 11.1 Å². The smallest absolute Gasteiger partial charge is 0.336 e. The van der Waals surface area contributed by atoms with Crippen LogP contribution in [-0.4, -0.2) is 62.6 Å². The van der Waals surface area contributed by atoms with E-state index in [1.807, 2.05) is 6.92 Å². The molecule has 1 amide bonds. The Kier molecular flexibility index (Phi) is 5.25. The van der Waals surface area contributed by atoms with E-state index >= 15 is 0 Å². The van der Waals surface area contributed by atoms with Gasteiger partial charge in [-0.3, -0.25) is 9.80 Å². The van der Waals surface area contributed by atoms with Crippen LogP contribution in [0.5, 0.6) is 5.75 Å². The molecule has 9 heteroatoms. The molecule has 1 aliphatic rings. The number of rotatable bonds is 5. The molecule has 0 bridgehead atoms. The van der Waals surface area contributed by atoms with Crippen LogP contribution in [0.15, 0.2) is 33.5 Å². The molecule has 0 N–H and O–H groups in total. The molecular formula is C18H22N2O6S. The van der Waals surface area contributed by atoms with Crippen LogP contribution in [0.25, 0.3) is 11.0 Å². The Morgan fingerprint density at radius 1 is 1.30 bits per heavy atom. The fourth-order valence-corrected chi connectivity index (χ4v) is 5.02. The highest BCUT2D eigenvalue weighted by atomic mass is 32.2. The number of carbonyl (C=O) groups is 1. The monoisotopic (exact) mass is 394 g/mol. The number of fused-ring (bicyclic) bond motifs is 1. The van der Waals surface area contributed by atoms with Crippen LogP contribution in [0, 0.1) is 6.92 Å². The highest BCUT2D eigenvalue weighted by Crippen LogP contribution is 2.23. The van der Waals surface area contributed by atoms with Crippen molar-refractivity contribution >= 4 is 26.7 Å². The average Bonchev–Trinajstić information content (AvgIpc) is 2.91. The SMILES string of the molecule is Cc1cc(=O)oc2cc(OCC(=O)N([C@@H]3CCS(=O)(=O)C3)N(C)C)ccc12. The first-order valence-corrected chi connectivity index (χ1v) is 10.4. The Morgan fingerprint density at radius 2 is 2.04 bits per heavy atom. The summed E-state index contributed by atoms with van der Waals surface area (Å²) >= 11 is 0. The summed E-state index contributed by atoms with van der Waals surface area (Å²) in [6.45, 7) is 1.56. The summed E-state index contributed by atoms with van der Waals surface area (Å²) in [5.41, 5.74) is 0.732. The maximum absolute atomic E-state index is 12.6. The second kappa shape index (κ2) is 7.32. The van der Waals surface area contributed by atoms with Crippen LogP contribution in [-0.2, 0) is 14.6 Å². The van der Waals surface area contributed by atoms with Gasteiger partial charge in [-0.25, -0.2) is 18.2 Å². The van der Waals surface area contributed by atoms with Gasteiger partial charge in [0.15, 0.2) is 16.4 Å². The number of nitrogens with zero attached hydrogens (tertiary/aromatic N) is 2. The molecule has 0 saturated carbocycles. The van der Waals surface area contributed by atoms with Crippen molar-refractivity contribution in [3.8, 4) is 5.75 Å². The number of hydrogen-bond acceptors (Lipinski definition) is 7. The third-order valence-electron chi connectivity index (χ3n) is 4.53. The largest absolute Gasteiger partial charge is 0.484 e. The Balaban J connectivity index is 1.74. The molecule has 1 fully saturated rings. The number of ether oxygens (including phenoxy) is 1. The Labute approximate surface area is 157 Å². The summed E-state index contributed by atoms with van der Waals surface area (Å²) in [5, 5.41) is 3.80. The van der Waals surface area contributed by atoms with E-state index in [-0.39, 0.29) is 24.0 Å². The molecule has 1 aromatic heterocycles. The molecule has 1 aliphatic heterocycles. The second-order valence-corrected chi connectivity index (χ2v) is 9.07. The molecule has 0 radical (unpaired) electrons. The van der Waals surface area contributed by atoms with Gasteiger partial charge < -0.3 is 9.15 Å². The van der Waals surface area contributed by atoms with Crippen molar-refractivity contribution in [3.63, 3.8) is 0 Å². The predicted molar refractivity (Wildman–Crippen MR) is 100 cm³/mol. The van der Waals surface area contributed by atoms with Crippen molar-refractivity contribution in [2.45, 2.75) is 19.4 Å². The lowest BCUT2D eigenvalue weighted by Crippen LogP contribution is -2.51. The summed E-state index contributed by atoms with van der Waals surface area (Å²) in [4.78, 5) is 24.1. The number of aryl methyl sites for hydroxylation is 1. The topological polar surface area (TPSA) is 97.1 Å². The summed E-state index contributed by atoms with van der Waals surface area (Å²) < 4.78 is 34.2. The molecule has 3 rings (SSSR count). The fourth-order valence-electron chi connectivity index (χ4n) is 3.33. The maximum Gasteiger partial charge on any atom is 0.336 e. The molecule has 1 aromatic carbocycles. The molecule has 0 unspecified atom stereocenters. The van der Waals surface area contributed by atoms with Gasteiger partial charge in [0.2, 0.25) is 0 Å². The predicted octanol–water partition coefficient (Wildman–Crippen LogP) is 0.973. The van der Waals surface area contributed by atoms with Gasteiger partial charge in [0.1, 0.15) is 11.3 Å². The highest BCUT2D eigenvalue weighted by Gasteiger charge is 2.36. The Morgan fingerprint density at radius 3 is 2.67 bits per heavy atom. The third-order valence-corrected chi connectivity index (χ3v) is 6.28. The second-order valence-electron chi connectivity index (χ2n) is 6.84. The van der Waals surface area contributed by atoms with E-state index in [2.05, 4.69) is 0 Å². The summed E-state index contributed by atoms with van der Waals surface area (Å²) in [7, 11) is 0.271. The molecular weight excluding hydrogens is 372 g/mol. The van der Waals surface area contributed by atoms with Crippen molar-refractivity contribution in [1.82, 2.24) is 10.0 Å². The minimum Gasteiger partial charge on any atom is -0.484 e. The maximum atomic E-state index is 12.6. The number of hydrazine groups is 1. The van der Waals surface area contributed by atoms with Gasteiger partial charge in [0.25, 0.3) is 5.91 Å². The van der Waals surface area contributed by atoms with E-state index in [9.17, 15) is 18.0 Å². The van der Waals surface area contributed by atoms with Crippen molar-refractivity contribution < 1.29 is 22.4 Å². The molecule has 0 spiro atoms. The van der Waals surface area contributed by atoms with Gasteiger partial charge >= 0.3 is 5.63 Å². The van der Waals surface area contributed by atoms with Crippen LogP contribution < -0.4 is 10.4 Å². The van der Waals surface area contributed by atoms with E-state index in [0.717, 1.165) is 10.9 Å². The molecule has 27 heavy (non-hydrogen) atoms. The molecule has 2 heterocycles. The standard InChI is InChI=1S/C18H22N2O6S/c1-12-8-18(22)26-16-9-14(4-5-15(12)16)25-10-17(21)20(19(2)3)13-6-7-27(23,24)11-13/h4-5,8-9,13H,6-7,10-11H2,1-3H3/t13-/m1/s1. The first-order valence-electron chi connectivity index (χ1n) is 8.53. The van der Waals surface area contributed by atoms with Crippen LogP contribution >= 0.6 is 0 Å². The van der Waals surface area contributed by atoms with Crippen LogP contribution in [0.4, 0.5) is 0 Å². The number of amides is 1. The summed E-state index contributed by atoms with van der Waals surface area (Å²) in [5.74, 6) is 0.0894. The minimum absolute atomic E-state index is 0.0443. The van der Waals surface area contributed by atoms with Crippen molar-refractivity contribution in [1.29, 1.82) is 0 Å². The zero-order valence-electron chi connectivity index (χ0n) is 15.5. The Bertz CT molecular complexity index is 1030. The molecule has 2 aromatic rings. The van der Waals surface area contributed by atoms with Crippen molar-refractivity contribution in [2.24, 2.45) is 0 Å². The van der Waals surface area contributed by atoms with Crippen LogP contribution in [0.3, 0.4) is 0 Å². The van der Waals surface area contributed by atoms with Crippen LogP contribution in [0.2, 0.25) is 0 Å². The van der Waals surface area contributed by atoms with E-state index in [1.54, 1.807) is 37.3 Å². The first-order chi connectivity index (χ1) is 12.7. The molecule has 8 nitrogen and oxygen atoms in total. The molecule has 1 atom stereocenters. The zero-order chi connectivity index (χ0) is 19.8. The lowest BCUT2D eigenvalue weighted by molar-refractivity contribution is -0.151. The number of benzene rings is 1. The lowest BCUT2D eigenvalue weighted by atomic mass is 10.1. The minimum atomic E-state index is -3.11. The van der Waals surface area contributed by atoms with Gasteiger partial charge in [-0.2, -0.15) is 0 Å². The fraction of sp³-hybridized carbons (Fsp3) is 0.444. The van der Waals surface area contributed by atoms with Crippen molar-refractivity contribution in [2.75, 3.05) is 32.2 Å². The van der Waals surface area contributed by atoms with Gasteiger partial charge in [0, 0.05) is 31.6 Å². The molecule has 0 aliphatic carbocycles. The average molecular weight is 394 g/mol. The summed E-state index contributed by atoms with van der Waals surface area (Å²) in [6.07, 6.45) is 0.409. The highest BCUT2D eigenvalue weighted by molar-refractivity contribution is 7.91. The molecule has 1 saturated heterocycles. The lowest BCUT2D eigenvalue weighted by Gasteiger charge is -2.33. The number of carbonyl (C=O) groups excluding carboxylic acids is 1. The number of sulfone groups is 1. The van der Waals surface area contributed by atoms with E-state index < -0.39 is 21.5 Å². The zero-order valence-corrected chi connectivity index (χ0v) is 16.3. The van der Waals surface area contributed by atoms with Gasteiger partial charge in [-0.1, -0.05) is 0 Å². The molecule has 146 valence electrons. The van der Waals surface area contributed by atoms with Gasteiger partial charge in [-0.15, -0.1) is 0 Å². The quantitative estimate of drug-likeness (QED) is 0.551. The van der Waals surface area contributed by atoms with Gasteiger partial charge in [0.05, 0.1) is 17.5 Å². The summed E-state index contributed by atoms with van der Waals surface area (Å²) in [6, 6.07) is 6.05. The van der Waals surface area contributed by atoms with E-state index in [4.69, 9.17) is 9.15 Å². The van der Waals surface area contributed by atoms with Crippen molar-refractivity contribution in [3.05, 3.63) is 40.2 Å². The van der Waals surface area contributed by atoms with E-state index in [0.29, 0.717) is 17.8 Å².